The molecule has 2 aromatic carbocycles. The van der Waals surface area contributed by atoms with E-state index in [-0.39, 0.29) is 5.91 Å². The molecule has 0 aliphatic carbocycles. The van der Waals surface area contributed by atoms with E-state index in [2.05, 4.69) is 24.5 Å². The van der Waals surface area contributed by atoms with Gasteiger partial charge in [0.15, 0.2) is 5.11 Å². The largest absolute Gasteiger partial charge is 0.493 e. The molecule has 1 amide bonds. The lowest BCUT2D eigenvalue weighted by molar-refractivity contribution is 0.0972. The van der Waals surface area contributed by atoms with Gasteiger partial charge in [-0.2, -0.15) is 0 Å². The molecular weight excluding hydrogens is 332 g/mol. The minimum Gasteiger partial charge on any atom is -0.493 e. The summed E-state index contributed by atoms with van der Waals surface area (Å²) in [5.74, 6) is 0.855. The number of thiocarbonyl (C=S) groups is 1. The highest BCUT2D eigenvalue weighted by molar-refractivity contribution is 7.80. The van der Waals surface area contributed by atoms with Crippen molar-refractivity contribution >= 4 is 23.2 Å². The average molecular weight is 356 g/mol. The predicted octanol–water partition coefficient (Wildman–Crippen LogP) is 3.92. The Bertz CT molecular complexity index is 702. The van der Waals surface area contributed by atoms with Crippen LogP contribution in [-0.4, -0.2) is 17.6 Å². The minimum atomic E-state index is -0.272. The first-order valence-electron chi connectivity index (χ1n) is 8.41. The summed E-state index contributed by atoms with van der Waals surface area (Å²) in [6, 6.07) is 17.1. The first kappa shape index (κ1) is 18.9. The molecule has 0 heterocycles. The molecule has 0 atom stereocenters. The summed E-state index contributed by atoms with van der Waals surface area (Å²) in [7, 11) is 0. The SMILES string of the molecule is CC(C)CCOc1ccccc1C(=O)NC(=S)NCc1ccccc1. The third-order valence-corrected chi connectivity index (χ3v) is 3.85. The molecule has 0 aliphatic rings. The number of hydrogen-bond donors (Lipinski definition) is 2. The smallest absolute Gasteiger partial charge is 0.261 e. The van der Waals surface area contributed by atoms with Gasteiger partial charge in [-0.05, 0) is 42.3 Å². The molecule has 0 unspecified atom stereocenters. The molecule has 0 radical (unpaired) electrons. The molecule has 2 rings (SSSR count). The van der Waals surface area contributed by atoms with Gasteiger partial charge in [0.25, 0.3) is 5.91 Å². The van der Waals surface area contributed by atoms with Gasteiger partial charge in [0, 0.05) is 6.54 Å². The molecule has 0 saturated heterocycles. The van der Waals surface area contributed by atoms with Crippen LogP contribution >= 0.6 is 12.2 Å². The van der Waals surface area contributed by atoms with E-state index in [0.29, 0.717) is 35.5 Å². The quantitative estimate of drug-likeness (QED) is 0.739. The number of amides is 1. The van der Waals surface area contributed by atoms with E-state index in [0.717, 1.165) is 12.0 Å². The second-order valence-electron chi connectivity index (χ2n) is 6.15. The Labute approximate surface area is 154 Å². The predicted molar refractivity (Wildman–Crippen MR) is 105 cm³/mol. The molecule has 4 nitrogen and oxygen atoms in total. The number of ether oxygens (including phenoxy) is 1. The van der Waals surface area contributed by atoms with E-state index >= 15 is 0 Å². The standard InChI is InChI=1S/C20H24N2O2S/c1-15(2)12-13-24-18-11-7-6-10-17(18)19(23)22-20(25)21-14-16-8-4-3-5-9-16/h3-11,15H,12-14H2,1-2H3,(H2,21,22,23,25). The molecule has 0 saturated carbocycles. The monoisotopic (exact) mass is 356 g/mol. The Kier molecular flexibility index (Phi) is 7.41. The maximum Gasteiger partial charge on any atom is 0.261 e. The molecule has 5 heteroatoms. The molecule has 2 N–H and O–H groups in total. The van der Waals surface area contributed by atoms with Crippen LogP contribution in [0.5, 0.6) is 5.75 Å². The third kappa shape index (κ3) is 6.55. The fraction of sp³-hybridized carbons (Fsp3) is 0.300. The van der Waals surface area contributed by atoms with Crippen LogP contribution in [0.1, 0.15) is 36.2 Å². The lowest BCUT2D eigenvalue weighted by atomic mass is 10.1. The average Bonchev–Trinajstić information content (AvgIpc) is 2.61. The number of nitrogens with one attached hydrogen (secondary N) is 2. The van der Waals surface area contributed by atoms with Crippen molar-refractivity contribution in [1.82, 2.24) is 10.6 Å². The lowest BCUT2D eigenvalue weighted by Gasteiger charge is -2.13. The minimum absolute atomic E-state index is 0.272. The van der Waals surface area contributed by atoms with E-state index in [1.807, 2.05) is 42.5 Å². The maximum atomic E-state index is 12.5. The second-order valence-corrected chi connectivity index (χ2v) is 6.56. The summed E-state index contributed by atoms with van der Waals surface area (Å²) in [6.07, 6.45) is 0.937. The van der Waals surface area contributed by atoms with Gasteiger partial charge in [-0.1, -0.05) is 56.3 Å². The van der Waals surface area contributed by atoms with Crippen molar-refractivity contribution in [1.29, 1.82) is 0 Å². The zero-order chi connectivity index (χ0) is 18.1. The molecular formula is C20H24N2O2S. The van der Waals surface area contributed by atoms with Crippen molar-refractivity contribution in [3.05, 3.63) is 65.7 Å². The van der Waals surface area contributed by atoms with E-state index in [4.69, 9.17) is 17.0 Å². The van der Waals surface area contributed by atoms with Crippen molar-refractivity contribution in [3.63, 3.8) is 0 Å². The van der Waals surface area contributed by atoms with Crippen molar-refractivity contribution in [2.45, 2.75) is 26.8 Å². The third-order valence-electron chi connectivity index (χ3n) is 3.61. The van der Waals surface area contributed by atoms with Gasteiger partial charge in [-0.15, -0.1) is 0 Å². The van der Waals surface area contributed by atoms with E-state index in [1.54, 1.807) is 12.1 Å². The Hall–Kier alpha value is -2.40. The van der Waals surface area contributed by atoms with Gasteiger partial charge in [-0.25, -0.2) is 0 Å². The van der Waals surface area contributed by atoms with E-state index in [9.17, 15) is 4.79 Å². The fourth-order valence-electron chi connectivity index (χ4n) is 2.18. The van der Waals surface area contributed by atoms with Crippen LogP contribution in [0.3, 0.4) is 0 Å². The van der Waals surface area contributed by atoms with E-state index in [1.165, 1.54) is 0 Å². The lowest BCUT2D eigenvalue weighted by Crippen LogP contribution is -2.39. The Morgan fingerprint density at radius 1 is 1.08 bits per heavy atom. The van der Waals surface area contributed by atoms with Gasteiger partial charge in [0.1, 0.15) is 5.75 Å². The van der Waals surface area contributed by atoms with Crippen molar-refractivity contribution in [2.24, 2.45) is 5.92 Å². The van der Waals surface area contributed by atoms with Gasteiger partial charge in [0.05, 0.1) is 12.2 Å². The molecule has 0 aliphatic heterocycles. The number of para-hydroxylation sites is 1. The Morgan fingerprint density at radius 2 is 1.76 bits per heavy atom. The topological polar surface area (TPSA) is 50.4 Å². The van der Waals surface area contributed by atoms with Crippen LogP contribution in [-0.2, 0) is 6.54 Å². The van der Waals surface area contributed by atoms with Crippen LogP contribution in [0.4, 0.5) is 0 Å². The van der Waals surface area contributed by atoms with Crippen LogP contribution < -0.4 is 15.4 Å². The summed E-state index contributed by atoms with van der Waals surface area (Å²) in [5, 5.41) is 6.04. The number of rotatable bonds is 7. The second kappa shape index (κ2) is 9.79. The molecule has 0 aromatic heterocycles. The van der Waals surface area contributed by atoms with Crippen molar-refractivity contribution in [2.75, 3.05) is 6.61 Å². The van der Waals surface area contributed by atoms with Gasteiger partial charge in [-0.3, -0.25) is 10.1 Å². The van der Waals surface area contributed by atoms with Gasteiger partial charge < -0.3 is 10.1 Å². The first-order valence-corrected chi connectivity index (χ1v) is 8.82. The highest BCUT2D eigenvalue weighted by atomic mass is 32.1. The van der Waals surface area contributed by atoms with Crippen LogP contribution in [0.2, 0.25) is 0 Å². The maximum absolute atomic E-state index is 12.5. The zero-order valence-electron chi connectivity index (χ0n) is 14.6. The fourth-order valence-corrected chi connectivity index (χ4v) is 2.34. The zero-order valence-corrected chi connectivity index (χ0v) is 15.4. The number of carbonyl (C=O) groups is 1. The molecule has 2 aromatic rings. The number of hydrogen-bond acceptors (Lipinski definition) is 3. The van der Waals surface area contributed by atoms with E-state index < -0.39 is 0 Å². The molecule has 132 valence electrons. The Balaban J connectivity index is 1.90. The van der Waals surface area contributed by atoms with Crippen molar-refractivity contribution in [3.8, 4) is 5.75 Å². The van der Waals surface area contributed by atoms with Crippen molar-refractivity contribution < 1.29 is 9.53 Å². The first-order chi connectivity index (χ1) is 12.1. The highest BCUT2D eigenvalue weighted by Gasteiger charge is 2.13. The molecule has 0 fully saturated rings. The summed E-state index contributed by atoms with van der Waals surface area (Å²) in [6.45, 7) is 5.42. The molecule has 25 heavy (non-hydrogen) atoms. The summed E-state index contributed by atoms with van der Waals surface area (Å²) >= 11 is 5.21. The number of carbonyl (C=O) groups excluding carboxylic acids is 1. The number of benzene rings is 2. The molecule has 0 bridgehead atoms. The summed E-state index contributed by atoms with van der Waals surface area (Å²) in [4.78, 5) is 12.5. The van der Waals surface area contributed by atoms with Crippen LogP contribution in [0.25, 0.3) is 0 Å². The summed E-state index contributed by atoms with van der Waals surface area (Å²) < 4.78 is 5.76. The van der Waals surface area contributed by atoms with Crippen LogP contribution in [0, 0.1) is 5.92 Å². The van der Waals surface area contributed by atoms with Gasteiger partial charge >= 0.3 is 0 Å². The highest BCUT2D eigenvalue weighted by Crippen LogP contribution is 2.18. The summed E-state index contributed by atoms with van der Waals surface area (Å²) in [5.41, 5.74) is 1.58. The molecule has 0 spiro atoms. The normalized spacial score (nSPS) is 10.4. The van der Waals surface area contributed by atoms with Crippen LogP contribution in [0.15, 0.2) is 54.6 Å². The Morgan fingerprint density at radius 3 is 2.48 bits per heavy atom. The van der Waals surface area contributed by atoms with Gasteiger partial charge in [0.2, 0.25) is 0 Å².